The average Bonchev–Trinajstić information content (AvgIpc) is 2.40. The van der Waals surface area contributed by atoms with Gasteiger partial charge in [0.15, 0.2) is 6.10 Å². The number of hydrogen-bond acceptors (Lipinski definition) is 3. The molecular formula is C17H28N2O2. The Bertz CT molecular complexity index is 496. The Morgan fingerprint density at radius 3 is 2.52 bits per heavy atom. The van der Waals surface area contributed by atoms with Crippen LogP contribution in [-0.2, 0) is 4.79 Å². The van der Waals surface area contributed by atoms with E-state index >= 15 is 0 Å². The molecule has 0 aliphatic rings. The largest absolute Gasteiger partial charge is 0.481 e. The van der Waals surface area contributed by atoms with Crippen molar-refractivity contribution < 1.29 is 9.53 Å². The number of carbonyl (C=O) groups excluding carboxylic acids is 1. The van der Waals surface area contributed by atoms with Crippen molar-refractivity contribution in [3.63, 3.8) is 0 Å². The van der Waals surface area contributed by atoms with E-state index in [1.54, 1.807) is 6.92 Å². The number of rotatable bonds is 6. The molecule has 0 aliphatic heterocycles. The molecule has 1 aromatic rings. The molecule has 2 atom stereocenters. The van der Waals surface area contributed by atoms with Crippen molar-refractivity contribution in [2.24, 2.45) is 5.73 Å². The minimum absolute atomic E-state index is 0.113. The van der Waals surface area contributed by atoms with Crippen molar-refractivity contribution in [3.8, 4) is 5.75 Å². The highest BCUT2D eigenvalue weighted by Gasteiger charge is 2.23. The van der Waals surface area contributed by atoms with E-state index in [4.69, 9.17) is 10.5 Å². The van der Waals surface area contributed by atoms with Crippen LogP contribution in [0, 0.1) is 6.92 Å². The Labute approximate surface area is 128 Å². The van der Waals surface area contributed by atoms with Crippen LogP contribution in [0.15, 0.2) is 18.2 Å². The first-order valence-electron chi connectivity index (χ1n) is 7.51. The monoisotopic (exact) mass is 292 g/mol. The second-order valence-electron chi connectivity index (χ2n) is 6.32. The lowest BCUT2D eigenvalue weighted by molar-refractivity contribution is -0.129. The van der Waals surface area contributed by atoms with Gasteiger partial charge in [-0.05, 0) is 47.1 Å². The number of amides is 1. The molecule has 0 fully saturated rings. The van der Waals surface area contributed by atoms with Crippen molar-refractivity contribution in [2.45, 2.75) is 65.6 Å². The molecule has 0 aromatic heterocycles. The number of aryl methyl sites for hydroxylation is 1. The number of benzene rings is 1. The highest BCUT2D eigenvalue weighted by Crippen LogP contribution is 2.26. The van der Waals surface area contributed by atoms with Crippen LogP contribution < -0.4 is 15.8 Å². The number of hydrogen-bond donors (Lipinski definition) is 2. The lowest BCUT2D eigenvalue weighted by Crippen LogP contribution is -2.48. The maximum atomic E-state index is 12.2. The number of ether oxygens (including phenoxy) is 1. The van der Waals surface area contributed by atoms with Gasteiger partial charge >= 0.3 is 0 Å². The van der Waals surface area contributed by atoms with Crippen molar-refractivity contribution in [3.05, 3.63) is 29.3 Å². The summed E-state index contributed by atoms with van der Waals surface area (Å²) >= 11 is 0. The quantitative estimate of drug-likeness (QED) is 0.847. The molecular weight excluding hydrogens is 264 g/mol. The van der Waals surface area contributed by atoms with E-state index < -0.39 is 6.10 Å². The summed E-state index contributed by atoms with van der Waals surface area (Å²) in [6, 6.07) is 5.70. The molecule has 1 amide bonds. The summed E-state index contributed by atoms with van der Waals surface area (Å²) in [7, 11) is 0. The lowest BCUT2D eigenvalue weighted by Gasteiger charge is -2.27. The Balaban J connectivity index is 2.84. The Hall–Kier alpha value is -1.55. The summed E-state index contributed by atoms with van der Waals surface area (Å²) in [4.78, 5) is 12.2. The topological polar surface area (TPSA) is 64.3 Å². The Morgan fingerprint density at radius 2 is 2.00 bits per heavy atom. The summed E-state index contributed by atoms with van der Waals surface area (Å²) in [6.07, 6.45) is 0.303. The van der Waals surface area contributed by atoms with Gasteiger partial charge in [0.25, 0.3) is 5.91 Å². The summed E-state index contributed by atoms with van der Waals surface area (Å²) in [5.74, 6) is 0.561. The molecule has 3 N–H and O–H groups in total. The molecule has 1 aromatic carbocycles. The van der Waals surface area contributed by atoms with Crippen LogP contribution in [-0.4, -0.2) is 17.6 Å². The van der Waals surface area contributed by atoms with E-state index in [9.17, 15) is 4.79 Å². The van der Waals surface area contributed by atoms with E-state index in [-0.39, 0.29) is 17.5 Å². The molecule has 0 saturated carbocycles. The van der Waals surface area contributed by atoms with Gasteiger partial charge in [-0.3, -0.25) is 4.79 Å². The summed E-state index contributed by atoms with van der Waals surface area (Å²) < 4.78 is 5.82. The maximum Gasteiger partial charge on any atom is 0.261 e. The molecule has 0 saturated heterocycles. The van der Waals surface area contributed by atoms with E-state index in [0.717, 1.165) is 17.5 Å². The predicted molar refractivity (Wildman–Crippen MR) is 86.4 cm³/mol. The van der Waals surface area contributed by atoms with Crippen LogP contribution in [0.1, 0.15) is 58.2 Å². The standard InChI is InChI=1S/C17H28N2O2/c1-7-17(5,6)19-16(20)13(4)21-15-9-8-11(2)10-14(15)12(3)18/h8-10,12-13H,7,18H2,1-6H3,(H,19,20). The molecule has 2 unspecified atom stereocenters. The average molecular weight is 292 g/mol. The summed E-state index contributed by atoms with van der Waals surface area (Å²) in [5, 5.41) is 2.99. The van der Waals surface area contributed by atoms with Crippen LogP contribution >= 0.6 is 0 Å². The fourth-order valence-electron chi connectivity index (χ4n) is 1.90. The molecule has 0 heterocycles. The first-order chi connectivity index (χ1) is 9.66. The van der Waals surface area contributed by atoms with Crippen molar-refractivity contribution >= 4 is 5.91 Å². The van der Waals surface area contributed by atoms with E-state index in [1.807, 2.05) is 52.8 Å². The maximum absolute atomic E-state index is 12.2. The normalized spacial score (nSPS) is 14.4. The lowest BCUT2D eigenvalue weighted by atomic mass is 10.0. The molecule has 0 radical (unpaired) electrons. The Morgan fingerprint density at radius 1 is 1.38 bits per heavy atom. The minimum atomic E-state index is -0.559. The van der Waals surface area contributed by atoms with Gasteiger partial charge in [0.2, 0.25) is 0 Å². The van der Waals surface area contributed by atoms with Crippen molar-refractivity contribution in [1.29, 1.82) is 0 Å². The number of carbonyl (C=O) groups is 1. The van der Waals surface area contributed by atoms with Crippen LogP contribution in [0.2, 0.25) is 0 Å². The van der Waals surface area contributed by atoms with Crippen LogP contribution in [0.25, 0.3) is 0 Å². The third-order valence-electron chi connectivity index (χ3n) is 3.67. The van der Waals surface area contributed by atoms with Crippen molar-refractivity contribution in [1.82, 2.24) is 5.32 Å². The van der Waals surface area contributed by atoms with Gasteiger partial charge in [-0.1, -0.05) is 24.6 Å². The highest BCUT2D eigenvalue weighted by atomic mass is 16.5. The van der Waals surface area contributed by atoms with Gasteiger partial charge in [-0.2, -0.15) is 0 Å². The second kappa shape index (κ2) is 6.94. The highest BCUT2D eigenvalue weighted by molar-refractivity contribution is 5.81. The summed E-state index contributed by atoms with van der Waals surface area (Å²) in [5.41, 5.74) is 7.79. The van der Waals surface area contributed by atoms with E-state index in [2.05, 4.69) is 5.32 Å². The molecule has 118 valence electrons. The number of nitrogens with two attached hydrogens (primary N) is 1. The first-order valence-corrected chi connectivity index (χ1v) is 7.51. The smallest absolute Gasteiger partial charge is 0.261 e. The molecule has 21 heavy (non-hydrogen) atoms. The van der Waals surface area contributed by atoms with Gasteiger partial charge < -0.3 is 15.8 Å². The van der Waals surface area contributed by atoms with Gasteiger partial charge in [0, 0.05) is 17.1 Å². The van der Waals surface area contributed by atoms with Gasteiger partial charge in [-0.25, -0.2) is 0 Å². The van der Waals surface area contributed by atoms with Gasteiger partial charge in [0.05, 0.1) is 0 Å². The van der Waals surface area contributed by atoms with Crippen LogP contribution in [0.4, 0.5) is 0 Å². The zero-order chi connectivity index (χ0) is 16.2. The third-order valence-corrected chi connectivity index (χ3v) is 3.67. The number of nitrogens with one attached hydrogen (secondary N) is 1. The molecule has 0 bridgehead atoms. The second-order valence-corrected chi connectivity index (χ2v) is 6.32. The molecule has 0 aliphatic carbocycles. The Kier molecular flexibility index (Phi) is 5.78. The van der Waals surface area contributed by atoms with Crippen LogP contribution in [0.3, 0.4) is 0 Å². The van der Waals surface area contributed by atoms with Gasteiger partial charge in [0.1, 0.15) is 5.75 Å². The SMILES string of the molecule is CCC(C)(C)NC(=O)C(C)Oc1ccc(C)cc1C(C)N. The predicted octanol–water partition coefficient (Wildman–Crippen LogP) is 3.09. The third kappa shape index (κ3) is 5.05. The zero-order valence-corrected chi connectivity index (χ0v) is 14.0. The first kappa shape index (κ1) is 17.5. The fourth-order valence-corrected chi connectivity index (χ4v) is 1.90. The van der Waals surface area contributed by atoms with E-state index in [1.165, 1.54) is 0 Å². The molecule has 1 rings (SSSR count). The van der Waals surface area contributed by atoms with Crippen LogP contribution in [0.5, 0.6) is 5.75 Å². The summed E-state index contributed by atoms with van der Waals surface area (Å²) in [6.45, 7) is 11.7. The minimum Gasteiger partial charge on any atom is -0.481 e. The van der Waals surface area contributed by atoms with E-state index in [0.29, 0.717) is 5.75 Å². The molecule has 0 spiro atoms. The fraction of sp³-hybridized carbons (Fsp3) is 0.588. The zero-order valence-electron chi connectivity index (χ0n) is 14.0. The molecule has 4 heteroatoms. The molecule has 4 nitrogen and oxygen atoms in total. The van der Waals surface area contributed by atoms with Gasteiger partial charge in [-0.15, -0.1) is 0 Å². The van der Waals surface area contributed by atoms with Crippen molar-refractivity contribution in [2.75, 3.05) is 0 Å².